The third-order valence-electron chi connectivity index (χ3n) is 11.2. The second-order valence-electron chi connectivity index (χ2n) is 14.6. The molecule has 4 aromatic rings. The quantitative estimate of drug-likeness (QED) is 0.0835. The maximum absolute atomic E-state index is 13.4. The molecule has 13 nitrogen and oxygen atoms in total. The van der Waals surface area contributed by atoms with Crippen molar-refractivity contribution in [3.05, 3.63) is 96.5 Å². The zero-order valence-corrected chi connectivity index (χ0v) is 32.6. The van der Waals surface area contributed by atoms with Gasteiger partial charge in [0, 0.05) is 32.8 Å². The zero-order chi connectivity index (χ0) is 39.4. The van der Waals surface area contributed by atoms with Gasteiger partial charge in [-0.15, -0.1) is 0 Å². The number of nitrogens with zero attached hydrogens (tertiary/aromatic N) is 3. The first kappa shape index (κ1) is 40.0. The molecule has 3 heterocycles. The fourth-order valence-corrected chi connectivity index (χ4v) is 8.09. The number of amides is 3. The van der Waals surface area contributed by atoms with E-state index in [2.05, 4.69) is 74.5 Å². The standard InChI is InChI=1S/C37H46N6O4.C6H7NO2/c1-23(46-3)34(42-37(45)47-4)36(44)43-17-5-6-30(43)20-39-21-32(38-2)27-13-9-25(10-14-27)26-11-15-28(16-12-26)33-22-40-35(41-33)31-19-24-7-8-29(31)18-24;8-5-7-4-6-2-1-3-9-6/h9-16,20-24,29-31,34,38H,5-8,17-19H2,1-4H3,(H,40,41)(H,42,45);1-3,5H,4H2,(H,7,8)/b32-21-,39-20?;. The lowest BCUT2D eigenvalue weighted by atomic mass is 9.88. The maximum atomic E-state index is 13.4. The summed E-state index contributed by atoms with van der Waals surface area (Å²) in [5, 5.41) is 8.33. The van der Waals surface area contributed by atoms with Crippen LogP contribution in [0.5, 0.6) is 0 Å². The minimum atomic E-state index is -0.852. The molecule has 2 aromatic carbocycles. The Morgan fingerprint density at radius 2 is 1.79 bits per heavy atom. The van der Waals surface area contributed by atoms with E-state index in [0.717, 1.165) is 69.9 Å². The van der Waals surface area contributed by atoms with Crippen molar-refractivity contribution in [1.82, 2.24) is 30.8 Å². The molecule has 13 heteroatoms. The Bertz CT molecular complexity index is 1940. The molecule has 6 unspecified atom stereocenters. The number of methoxy groups -OCH3 is 2. The average Bonchev–Trinajstić information content (AvgIpc) is 4.10. The van der Waals surface area contributed by atoms with E-state index in [1.807, 2.05) is 13.2 Å². The molecular formula is C43H53N7O6. The number of benzene rings is 2. The van der Waals surface area contributed by atoms with Gasteiger partial charge in [0.15, 0.2) is 0 Å². The second kappa shape index (κ2) is 19.3. The topological polar surface area (TPSA) is 163 Å². The number of aromatic nitrogens is 2. The van der Waals surface area contributed by atoms with Gasteiger partial charge in [-0.1, -0.05) is 55.0 Å². The van der Waals surface area contributed by atoms with E-state index in [0.29, 0.717) is 25.4 Å². The molecular weight excluding hydrogens is 711 g/mol. The van der Waals surface area contributed by atoms with Crippen LogP contribution in [0.2, 0.25) is 0 Å². The lowest BCUT2D eigenvalue weighted by Gasteiger charge is -2.29. The number of imidazole rings is 1. The summed E-state index contributed by atoms with van der Waals surface area (Å²) >= 11 is 0. The number of carbonyl (C=O) groups is 3. The lowest BCUT2D eigenvalue weighted by Crippen LogP contribution is -2.55. The Kier molecular flexibility index (Phi) is 13.7. The Morgan fingerprint density at radius 1 is 1.04 bits per heavy atom. The summed E-state index contributed by atoms with van der Waals surface area (Å²) < 4.78 is 15.0. The maximum Gasteiger partial charge on any atom is 0.407 e. The molecule has 3 fully saturated rings. The van der Waals surface area contributed by atoms with Gasteiger partial charge in [-0.2, -0.15) is 0 Å². The molecule has 1 aliphatic heterocycles. The van der Waals surface area contributed by atoms with Gasteiger partial charge in [-0.3, -0.25) is 14.6 Å². The number of likely N-dealkylation sites (tertiary alicyclic amines) is 1. The van der Waals surface area contributed by atoms with Crippen LogP contribution < -0.4 is 16.0 Å². The molecule has 3 amide bonds. The summed E-state index contributed by atoms with van der Waals surface area (Å²) in [5.41, 5.74) is 6.38. The SMILES string of the molecule is CN/C(=C\N=CC1CCCN1C(=O)C(NC(=O)OC)C(C)OC)c1ccc(-c2ccc(-c3cnc(C4CC5CCC4C5)[nH]3)cc2)cc1.O=CNCc1ccco1. The molecule has 4 N–H and O–H groups in total. The van der Waals surface area contributed by atoms with Crippen LogP contribution in [0.15, 0.2) is 88.7 Å². The lowest BCUT2D eigenvalue weighted by molar-refractivity contribution is -0.136. The van der Waals surface area contributed by atoms with Gasteiger partial charge < -0.3 is 39.7 Å². The summed E-state index contributed by atoms with van der Waals surface area (Å²) in [7, 11) is 4.65. The molecule has 56 heavy (non-hydrogen) atoms. The van der Waals surface area contributed by atoms with E-state index in [1.54, 1.807) is 42.6 Å². The van der Waals surface area contributed by atoms with Gasteiger partial charge in [0.05, 0.1) is 55.9 Å². The zero-order valence-electron chi connectivity index (χ0n) is 32.6. The van der Waals surface area contributed by atoms with Crippen LogP contribution in [-0.2, 0) is 25.6 Å². The molecule has 0 radical (unpaired) electrons. The number of H-pyrrole nitrogens is 1. The monoisotopic (exact) mass is 763 g/mol. The molecule has 0 spiro atoms. The number of fused-ring (bicyclic) bond motifs is 2. The highest BCUT2D eigenvalue weighted by atomic mass is 16.5. The number of ether oxygens (including phenoxy) is 2. The van der Waals surface area contributed by atoms with Crippen molar-refractivity contribution in [3.8, 4) is 22.4 Å². The highest BCUT2D eigenvalue weighted by Gasteiger charge is 2.41. The number of nitrogens with one attached hydrogen (secondary N) is 4. The van der Waals surface area contributed by atoms with Crippen molar-refractivity contribution in [2.75, 3.05) is 27.8 Å². The van der Waals surface area contributed by atoms with Crippen molar-refractivity contribution >= 4 is 30.3 Å². The van der Waals surface area contributed by atoms with Crippen molar-refractivity contribution < 1.29 is 28.3 Å². The van der Waals surface area contributed by atoms with E-state index >= 15 is 0 Å². The number of aromatic amines is 1. The number of hydrogen-bond acceptors (Lipinski definition) is 9. The van der Waals surface area contributed by atoms with Crippen molar-refractivity contribution in [3.63, 3.8) is 0 Å². The van der Waals surface area contributed by atoms with Gasteiger partial charge in [-0.05, 0) is 85.3 Å². The summed E-state index contributed by atoms with van der Waals surface area (Å²) in [6.45, 7) is 2.80. The molecule has 7 rings (SSSR count). The van der Waals surface area contributed by atoms with Gasteiger partial charge in [-0.25, -0.2) is 9.78 Å². The number of furan rings is 1. The van der Waals surface area contributed by atoms with Crippen LogP contribution in [-0.4, -0.2) is 85.5 Å². The van der Waals surface area contributed by atoms with E-state index in [9.17, 15) is 14.4 Å². The molecule has 6 atom stereocenters. The average molecular weight is 764 g/mol. The van der Waals surface area contributed by atoms with Crippen LogP contribution in [0.3, 0.4) is 0 Å². The Labute approximate surface area is 328 Å². The number of carbonyl (C=O) groups excluding carboxylic acids is 3. The van der Waals surface area contributed by atoms with Gasteiger partial charge in [0.2, 0.25) is 12.3 Å². The fourth-order valence-electron chi connectivity index (χ4n) is 8.09. The van der Waals surface area contributed by atoms with Crippen LogP contribution in [0, 0.1) is 11.8 Å². The Balaban J connectivity index is 0.000000520. The highest BCUT2D eigenvalue weighted by molar-refractivity contribution is 5.89. The van der Waals surface area contributed by atoms with Crippen LogP contribution in [0.4, 0.5) is 4.79 Å². The second-order valence-corrected chi connectivity index (χ2v) is 14.6. The predicted molar refractivity (Wildman–Crippen MR) is 215 cm³/mol. The number of rotatable bonds is 14. The smallest absolute Gasteiger partial charge is 0.407 e. The molecule has 296 valence electrons. The van der Waals surface area contributed by atoms with E-state index in [1.165, 1.54) is 39.9 Å². The van der Waals surface area contributed by atoms with Crippen LogP contribution in [0.1, 0.15) is 68.5 Å². The third kappa shape index (κ3) is 9.75. The van der Waals surface area contributed by atoms with Crippen molar-refractivity contribution in [2.24, 2.45) is 16.8 Å². The Morgan fingerprint density at radius 3 is 2.41 bits per heavy atom. The molecule has 2 saturated carbocycles. The first-order chi connectivity index (χ1) is 27.3. The molecule has 1 saturated heterocycles. The Hall–Kier alpha value is -5.69. The number of aliphatic imine (C=N–C) groups is 1. The van der Waals surface area contributed by atoms with E-state index in [4.69, 9.17) is 18.9 Å². The van der Waals surface area contributed by atoms with Crippen LogP contribution in [0.25, 0.3) is 28.1 Å². The summed E-state index contributed by atoms with van der Waals surface area (Å²) in [5.74, 6) is 4.02. The third-order valence-corrected chi connectivity index (χ3v) is 11.2. The molecule has 2 bridgehead atoms. The highest BCUT2D eigenvalue weighted by Crippen LogP contribution is 2.52. The van der Waals surface area contributed by atoms with E-state index in [-0.39, 0.29) is 11.9 Å². The largest absolute Gasteiger partial charge is 0.467 e. The minimum absolute atomic E-state index is 0.181. The summed E-state index contributed by atoms with van der Waals surface area (Å²) in [6.07, 6.45) is 13.7. The fraction of sp³-hybridized carbons (Fsp3) is 0.419. The van der Waals surface area contributed by atoms with Gasteiger partial charge in [0.1, 0.15) is 17.6 Å². The van der Waals surface area contributed by atoms with Gasteiger partial charge in [0.25, 0.3) is 0 Å². The minimum Gasteiger partial charge on any atom is -0.467 e. The molecule has 3 aliphatic rings. The number of alkyl carbamates (subject to hydrolysis) is 1. The van der Waals surface area contributed by atoms with Crippen LogP contribution >= 0.6 is 0 Å². The molecule has 2 aliphatic carbocycles. The van der Waals surface area contributed by atoms with Crippen molar-refractivity contribution in [1.29, 1.82) is 0 Å². The summed E-state index contributed by atoms with van der Waals surface area (Å²) in [4.78, 5) is 49.7. The van der Waals surface area contributed by atoms with Crippen molar-refractivity contribution in [2.45, 2.75) is 76.1 Å². The normalized spacial score (nSPS) is 21.3. The number of hydrogen-bond donors (Lipinski definition) is 4. The first-order valence-electron chi connectivity index (χ1n) is 19.4. The van der Waals surface area contributed by atoms with Gasteiger partial charge >= 0.3 is 6.09 Å². The first-order valence-corrected chi connectivity index (χ1v) is 19.4. The molecule has 2 aromatic heterocycles. The van der Waals surface area contributed by atoms with E-state index < -0.39 is 18.2 Å². The summed E-state index contributed by atoms with van der Waals surface area (Å²) in [6, 6.07) is 19.6. The predicted octanol–water partition coefficient (Wildman–Crippen LogP) is 6.51.